The maximum absolute atomic E-state index is 5.40. The summed E-state index contributed by atoms with van der Waals surface area (Å²) in [5, 5.41) is 3.05. The van der Waals surface area contributed by atoms with Crippen LogP contribution in [0.5, 0.6) is 5.88 Å². The summed E-state index contributed by atoms with van der Waals surface area (Å²) in [7, 11) is 1.64. The van der Waals surface area contributed by atoms with Crippen molar-refractivity contribution in [2.75, 3.05) is 32.2 Å². The molecule has 15 heavy (non-hydrogen) atoms. The summed E-state index contributed by atoms with van der Waals surface area (Å²) in [4.78, 5) is 8.41. The van der Waals surface area contributed by atoms with Gasteiger partial charge in [0.1, 0.15) is 6.61 Å². The first kappa shape index (κ1) is 11.7. The second-order valence-corrected chi connectivity index (χ2v) is 3.04. The minimum atomic E-state index is 0.499. The number of aromatic nitrogens is 2. The van der Waals surface area contributed by atoms with E-state index < -0.39 is 0 Å². The van der Waals surface area contributed by atoms with Crippen molar-refractivity contribution >= 4 is 5.95 Å². The average Bonchev–Trinajstić information content (AvgIpc) is 2.18. The monoisotopic (exact) mass is 211 g/mol. The molecule has 1 heterocycles. The maximum Gasteiger partial charge on any atom is 0.226 e. The number of hydrogen-bond acceptors (Lipinski definition) is 5. The zero-order chi connectivity index (χ0) is 11.1. The van der Waals surface area contributed by atoms with Gasteiger partial charge in [-0.25, -0.2) is 4.98 Å². The van der Waals surface area contributed by atoms with Crippen LogP contribution in [0.25, 0.3) is 0 Å². The van der Waals surface area contributed by atoms with Crippen LogP contribution < -0.4 is 10.1 Å². The van der Waals surface area contributed by atoms with Crippen LogP contribution in [-0.4, -0.2) is 36.8 Å². The molecule has 1 rings (SSSR count). The fraction of sp³-hybridized carbons (Fsp3) is 0.600. The first-order valence-corrected chi connectivity index (χ1v) is 4.97. The lowest BCUT2D eigenvalue weighted by molar-refractivity contribution is 0.143. The van der Waals surface area contributed by atoms with E-state index in [1.54, 1.807) is 13.2 Å². The lowest BCUT2D eigenvalue weighted by Gasteiger charge is -2.07. The largest absolute Gasteiger partial charge is 0.475 e. The lowest BCUT2D eigenvalue weighted by atomic mass is 10.4. The molecule has 84 valence electrons. The van der Waals surface area contributed by atoms with Gasteiger partial charge >= 0.3 is 0 Å². The highest BCUT2D eigenvalue weighted by Gasteiger charge is 2.01. The highest BCUT2D eigenvalue weighted by molar-refractivity contribution is 5.30. The van der Waals surface area contributed by atoms with E-state index in [1.165, 1.54) is 0 Å². The molecule has 0 bridgehead atoms. The topological polar surface area (TPSA) is 56.3 Å². The number of methoxy groups -OCH3 is 1. The van der Waals surface area contributed by atoms with Gasteiger partial charge in [0.05, 0.1) is 6.61 Å². The van der Waals surface area contributed by atoms with Gasteiger partial charge in [-0.15, -0.1) is 0 Å². The molecular formula is C10H17N3O2. The first-order valence-electron chi connectivity index (χ1n) is 4.97. The number of hydrogen-bond donors (Lipinski definition) is 1. The van der Waals surface area contributed by atoms with Crippen molar-refractivity contribution in [3.63, 3.8) is 0 Å². The highest BCUT2D eigenvalue weighted by Crippen LogP contribution is 2.11. The summed E-state index contributed by atoms with van der Waals surface area (Å²) >= 11 is 0. The summed E-state index contributed by atoms with van der Waals surface area (Å²) in [5.74, 6) is 1.18. The standard InChI is InChI=1S/C10H17N3O2/c1-4-11-10-12-8(2)7-9(13-10)15-6-5-14-3/h7H,4-6H2,1-3H3,(H,11,12,13). The predicted molar refractivity (Wildman–Crippen MR) is 58.3 cm³/mol. The number of aryl methyl sites for hydroxylation is 1. The van der Waals surface area contributed by atoms with Crippen molar-refractivity contribution in [3.05, 3.63) is 11.8 Å². The van der Waals surface area contributed by atoms with Crippen LogP contribution in [0.3, 0.4) is 0 Å². The van der Waals surface area contributed by atoms with Crippen molar-refractivity contribution in [2.45, 2.75) is 13.8 Å². The van der Waals surface area contributed by atoms with E-state index in [0.717, 1.165) is 12.2 Å². The van der Waals surface area contributed by atoms with E-state index in [9.17, 15) is 0 Å². The molecule has 1 aromatic heterocycles. The van der Waals surface area contributed by atoms with Crippen LogP contribution in [0.1, 0.15) is 12.6 Å². The Labute approximate surface area is 89.8 Å². The molecule has 5 heteroatoms. The molecule has 0 atom stereocenters. The normalized spacial score (nSPS) is 10.1. The quantitative estimate of drug-likeness (QED) is 0.717. The summed E-state index contributed by atoms with van der Waals surface area (Å²) in [5.41, 5.74) is 0.883. The maximum atomic E-state index is 5.40. The van der Waals surface area contributed by atoms with Gasteiger partial charge in [0.25, 0.3) is 0 Å². The molecule has 1 N–H and O–H groups in total. The van der Waals surface area contributed by atoms with Crippen LogP contribution in [0, 0.1) is 6.92 Å². The van der Waals surface area contributed by atoms with E-state index in [4.69, 9.17) is 9.47 Å². The smallest absolute Gasteiger partial charge is 0.226 e. The Morgan fingerprint density at radius 2 is 2.13 bits per heavy atom. The molecule has 0 spiro atoms. The Bertz CT molecular complexity index is 305. The number of ether oxygens (including phenoxy) is 2. The van der Waals surface area contributed by atoms with Crippen molar-refractivity contribution in [2.24, 2.45) is 0 Å². The molecular weight excluding hydrogens is 194 g/mol. The molecule has 0 unspecified atom stereocenters. The average molecular weight is 211 g/mol. The summed E-state index contributed by atoms with van der Waals surface area (Å²) < 4.78 is 10.3. The zero-order valence-electron chi connectivity index (χ0n) is 9.41. The minimum absolute atomic E-state index is 0.499. The van der Waals surface area contributed by atoms with Crippen LogP contribution in [0.2, 0.25) is 0 Å². The number of anilines is 1. The van der Waals surface area contributed by atoms with Gasteiger partial charge in [-0.2, -0.15) is 4.98 Å². The van der Waals surface area contributed by atoms with Crippen LogP contribution in [0.15, 0.2) is 6.07 Å². The highest BCUT2D eigenvalue weighted by atomic mass is 16.5. The van der Waals surface area contributed by atoms with Gasteiger partial charge in [0, 0.05) is 25.4 Å². The van der Waals surface area contributed by atoms with Gasteiger partial charge in [0.2, 0.25) is 11.8 Å². The predicted octanol–water partition coefficient (Wildman–Crippen LogP) is 1.24. The first-order chi connectivity index (χ1) is 7.26. The molecule has 0 fully saturated rings. The Balaban J connectivity index is 2.62. The van der Waals surface area contributed by atoms with Crippen LogP contribution in [0.4, 0.5) is 5.95 Å². The minimum Gasteiger partial charge on any atom is -0.475 e. The molecule has 0 amide bonds. The third-order valence-corrected chi connectivity index (χ3v) is 1.70. The van der Waals surface area contributed by atoms with Gasteiger partial charge in [-0.3, -0.25) is 0 Å². The lowest BCUT2D eigenvalue weighted by Crippen LogP contribution is -2.08. The van der Waals surface area contributed by atoms with Crippen molar-refractivity contribution in [3.8, 4) is 5.88 Å². The van der Waals surface area contributed by atoms with Gasteiger partial charge in [-0.05, 0) is 13.8 Å². The molecule has 0 aliphatic heterocycles. The SMILES string of the molecule is CCNc1nc(C)cc(OCCOC)n1. The molecule has 0 aromatic carbocycles. The van der Waals surface area contributed by atoms with Gasteiger partial charge < -0.3 is 14.8 Å². The van der Waals surface area contributed by atoms with E-state index in [1.807, 2.05) is 13.8 Å². The molecule has 0 aliphatic carbocycles. The third kappa shape index (κ3) is 4.12. The van der Waals surface area contributed by atoms with E-state index >= 15 is 0 Å². The van der Waals surface area contributed by atoms with Gasteiger partial charge in [-0.1, -0.05) is 0 Å². The zero-order valence-corrected chi connectivity index (χ0v) is 9.41. The van der Waals surface area contributed by atoms with Gasteiger partial charge in [0.15, 0.2) is 0 Å². The number of nitrogens with zero attached hydrogens (tertiary/aromatic N) is 2. The van der Waals surface area contributed by atoms with Crippen molar-refractivity contribution in [1.29, 1.82) is 0 Å². The van der Waals surface area contributed by atoms with E-state index in [-0.39, 0.29) is 0 Å². The molecule has 5 nitrogen and oxygen atoms in total. The van der Waals surface area contributed by atoms with E-state index in [0.29, 0.717) is 25.0 Å². The summed E-state index contributed by atoms with van der Waals surface area (Å²) in [6.07, 6.45) is 0. The molecule has 0 saturated heterocycles. The molecule has 1 aromatic rings. The fourth-order valence-corrected chi connectivity index (χ4v) is 1.08. The van der Waals surface area contributed by atoms with Crippen LogP contribution in [-0.2, 0) is 4.74 Å². The van der Waals surface area contributed by atoms with Crippen molar-refractivity contribution < 1.29 is 9.47 Å². The number of rotatable bonds is 6. The Morgan fingerprint density at radius 1 is 1.33 bits per heavy atom. The third-order valence-electron chi connectivity index (χ3n) is 1.70. The second kappa shape index (κ2) is 6.19. The van der Waals surface area contributed by atoms with Crippen molar-refractivity contribution in [1.82, 2.24) is 9.97 Å². The Kier molecular flexibility index (Phi) is 4.83. The molecule has 0 saturated carbocycles. The second-order valence-electron chi connectivity index (χ2n) is 3.04. The molecule has 0 radical (unpaired) electrons. The molecule has 0 aliphatic rings. The fourth-order valence-electron chi connectivity index (χ4n) is 1.08. The summed E-state index contributed by atoms with van der Waals surface area (Å²) in [6.45, 7) is 5.75. The Hall–Kier alpha value is -1.36. The van der Waals surface area contributed by atoms with E-state index in [2.05, 4.69) is 15.3 Å². The Morgan fingerprint density at radius 3 is 2.80 bits per heavy atom. The van der Waals surface area contributed by atoms with Crippen LogP contribution >= 0.6 is 0 Å². The summed E-state index contributed by atoms with van der Waals surface area (Å²) in [6, 6.07) is 1.80. The number of nitrogens with one attached hydrogen (secondary N) is 1.